The second-order valence-corrected chi connectivity index (χ2v) is 4.24. The third-order valence-electron chi connectivity index (χ3n) is 2.73. The molecular formula is C16H8K2Na2O8. The summed E-state index contributed by atoms with van der Waals surface area (Å²) in [6.07, 6.45) is 0. The molecule has 0 atom stereocenters. The average molecular weight is 452 g/mol. The summed E-state index contributed by atoms with van der Waals surface area (Å²) in [5.41, 5.74) is -1.45. The average Bonchev–Trinajstić information content (AvgIpc) is 2.55. The summed E-state index contributed by atoms with van der Waals surface area (Å²) in [4.78, 5) is 41.3. The maximum atomic E-state index is 10.3. The number of hydrogen-bond donors (Lipinski definition) is 0. The monoisotopic (exact) mass is 452 g/mol. The van der Waals surface area contributed by atoms with Gasteiger partial charge in [0.2, 0.25) is 0 Å². The molecule has 2 aromatic rings. The molecule has 124 valence electrons. The fraction of sp³-hybridized carbons (Fsp3) is 0. The van der Waals surface area contributed by atoms with E-state index in [1.54, 1.807) is 0 Å². The van der Waals surface area contributed by atoms with E-state index in [1.807, 2.05) is 0 Å². The van der Waals surface area contributed by atoms with E-state index in [4.69, 9.17) is 0 Å². The van der Waals surface area contributed by atoms with Crippen molar-refractivity contribution < 1.29 is 201 Å². The van der Waals surface area contributed by atoms with Gasteiger partial charge in [-0.1, -0.05) is 48.5 Å². The Hall–Kier alpha value is 1.59. The topological polar surface area (TPSA) is 161 Å². The minimum atomic E-state index is -1.52. The van der Waals surface area contributed by atoms with Gasteiger partial charge < -0.3 is 39.6 Å². The van der Waals surface area contributed by atoms with Crippen LogP contribution in [-0.4, -0.2) is 23.9 Å². The minimum absolute atomic E-state index is 0. The molecule has 8 nitrogen and oxygen atoms in total. The third-order valence-corrected chi connectivity index (χ3v) is 2.73. The van der Waals surface area contributed by atoms with Crippen LogP contribution in [0.25, 0.3) is 0 Å². The van der Waals surface area contributed by atoms with Crippen molar-refractivity contribution in [1.29, 1.82) is 0 Å². The predicted octanol–water partition coefficient (Wildman–Crippen LogP) is -15.2. The third kappa shape index (κ3) is 12.4. The van der Waals surface area contributed by atoms with Crippen LogP contribution in [0.5, 0.6) is 0 Å². The molecule has 0 aliphatic heterocycles. The van der Waals surface area contributed by atoms with E-state index in [0.29, 0.717) is 0 Å². The van der Waals surface area contributed by atoms with Crippen molar-refractivity contribution in [3.05, 3.63) is 70.8 Å². The Bertz CT molecular complexity index is 681. The van der Waals surface area contributed by atoms with Crippen LogP contribution >= 0.6 is 0 Å². The zero-order valence-corrected chi connectivity index (χ0v) is 26.1. The van der Waals surface area contributed by atoms with Crippen LogP contribution in [0.1, 0.15) is 41.4 Å². The van der Waals surface area contributed by atoms with Gasteiger partial charge in [-0.25, -0.2) is 0 Å². The molecule has 0 amide bonds. The van der Waals surface area contributed by atoms with Gasteiger partial charge in [0.05, 0.1) is 23.9 Å². The summed E-state index contributed by atoms with van der Waals surface area (Å²) in [6.45, 7) is 0. The van der Waals surface area contributed by atoms with Crippen molar-refractivity contribution in [3.63, 3.8) is 0 Å². The summed E-state index contributed by atoms with van der Waals surface area (Å²) in [6, 6.07) is 10.3. The SMILES string of the molecule is O=C([O-])c1ccccc1C(=O)[O-].O=C([O-])c1ccccc1C(=O)[O-].[K+].[K+].[Na+].[Na+]. The number of carboxylic acids is 4. The molecule has 0 spiro atoms. The molecule has 0 N–H and O–H groups in total. The van der Waals surface area contributed by atoms with Crippen molar-refractivity contribution in [1.82, 2.24) is 0 Å². The van der Waals surface area contributed by atoms with Crippen LogP contribution in [-0.2, 0) is 0 Å². The van der Waals surface area contributed by atoms with Gasteiger partial charge in [0.1, 0.15) is 0 Å². The van der Waals surface area contributed by atoms with E-state index in [9.17, 15) is 39.6 Å². The van der Waals surface area contributed by atoms with Gasteiger partial charge in [-0.3, -0.25) is 0 Å². The maximum Gasteiger partial charge on any atom is 1.00 e. The number of rotatable bonds is 4. The first-order valence-corrected chi connectivity index (χ1v) is 6.29. The van der Waals surface area contributed by atoms with Crippen LogP contribution < -0.4 is 182 Å². The molecule has 2 rings (SSSR count). The molecule has 0 radical (unpaired) electrons. The summed E-state index contributed by atoms with van der Waals surface area (Å²) in [5.74, 6) is -6.07. The van der Waals surface area contributed by atoms with Crippen LogP contribution in [0.2, 0.25) is 0 Å². The molecule has 2 aromatic carbocycles. The molecule has 28 heavy (non-hydrogen) atoms. The minimum Gasteiger partial charge on any atom is -0.545 e. The Labute approximate surface area is 289 Å². The quantitative estimate of drug-likeness (QED) is 0.413. The first-order chi connectivity index (χ1) is 11.3. The summed E-state index contributed by atoms with van der Waals surface area (Å²) in [7, 11) is 0. The zero-order valence-electron chi connectivity index (χ0n) is 15.9. The maximum absolute atomic E-state index is 10.3. The summed E-state index contributed by atoms with van der Waals surface area (Å²) in [5, 5.41) is 41.3. The van der Waals surface area contributed by atoms with Gasteiger partial charge >= 0.3 is 162 Å². The number of hydrogen-bond acceptors (Lipinski definition) is 8. The molecular weight excluding hydrogens is 444 g/mol. The zero-order chi connectivity index (χ0) is 18.3. The molecule has 0 fully saturated rings. The van der Waals surface area contributed by atoms with E-state index in [-0.39, 0.29) is 184 Å². The van der Waals surface area contributed by atoms with Crippen LogP contribution in [0.3, 0.4) is 0 Å². The molecule has 0 aliphatic rings. The second-order valence-electron chi connectivity index (χ2n) is 4.24. The largest absolute Gasteiger partial charge is 1.00 e. The summed E-state index contributed by atoms with van der Waals surface area (Å²) >= 11 is 0. The van der Waals surface area contributed by atoms with Crippen LogP contribution in [0.15, 0.2) is 48.5 Å². The van der Waals surface area contributed by atoms with E-state index in [1.165, 1.54) is 24.3 Å². The molecule has 0 heterocycles. The Kier molecular flexibility index (Phi) is 25.4. The van der Waals surface area contributed by atoms with Gasteiger partial charge in [-0.2, -0.15) is 0 Å². The van der Waals surface area contributed by atoms with Gasteiger partial charge in [0.25, 0.3) is 0 Å². The first kappa shape index (κ1) is 36.9. The molecule has 0 saturated carbocycles. The van der Waals surface area contributed by atoms with Gasteiger partial charge in [-0.05, 0) is 0 Å². The Morgan fingerprint density at radius 1 is 0.464 bits per heavy atom. The molecule has 12 heteroatoms. The van der Waals surface area contributed by atoms with E-state index in [0.717, 1.165) is 24.3 Å². The van der Waals surface area contributed by atoms with E-state index >= 15 is 0 Å². The van der Waals surface area contributed by atoms with Gasteiger partial charge in [-0.15, -0.1) is 0 Å². The second kappa shape index (κ2) is 19.3. The number of carbonyl (C=O) groups excluding carboxylic acids is 4. The molecule has 0 aliphatic carbocycles. The van der Waals surface area contributed by atoms with Gasteiger partial charge in [0, 0.05) is 22.3 Å². The number of carboxylic acid groups (broad SMARTS) is 4. The predicted molar refractivity (Wildman–Crippen MR) is 70.2 cm³/mol. The molecule has 0 aromatic heterocycles. The summed E-state index contributed by atoms with van der Waals surface area (Å²) < 4.78 is 0. The molecule has 0 unspecified atom stereocenters. The van der Waals surface area contributed by atoms with Crippen molar-refractivity contribution in [2.45, 2.75) is 0 Å². The van der Waals surface area contributed by atoms with Crippen molar-refractivity contribution >= 4 is 23.9 Å². The fourth-order valence-electron chi connectivity index (χ4n) is 1.68. The Morgan fingerprint density at radius 2 is 0.607 bits per heavy atom. The van der Waals surface area contributed by atoms with E-state index in [2.05, 4.69) is 0 Å². The van der Waals surface area contributed by atoms with Crippen molar-refractivity contribution in [3.8, 4) is 0 Å². The van der Waals surface area contributed by atoms with Crippen molar-refractivity contribution in [2.24, 2.45) is 0 Å². The Balaban J connectivity index is -0.000000180. The number of aromatic carboxylic acids is 4. The normalized spacial score (nSPS) is 8.00. The fourth-order valence-corrected chi connectivity index (χ4v) is 1.68. The van der Waals surface area contributed by atoms with Crippen LogP contribution in [0, 0.1) is 0 Å². The van der Waals surface area contributed by atoms with E-state index < -0.39 is 23.9 Å². The smallest absolute Gasteiger partial charge is 0.545 e. The standard InChI is InChI=1S/2C8H6O4.2K.2Na/c2*9-7(10)5-3-1-2-4-6(5)8(11)12;;;;/h2*1-4H,(H,9,10)(H,11,12);;;;/q;;4*+1/p-4. The molecule has 0 bridgehead atoms. The first-order valence-electron chi connectivity index (χ1n) is 6.29. The van der Waals surface area contributed by atoms with Gasteiger partial charge in [0.15, 0.2) is 0 Å². The number of benzene rings is 2. The van der Waals surface area contributed by atoms with Crippen molar-refractivity contribution in [2.75, 3.05) is 0 Å². The Morgan fingerprint density at radius 3 is 0.714 bits per heavy atom. The van der Waals surface area contributed by atoms with Crippen LogP contribution in [0.4, 0.5) is 0 Å². The molecule has 0 saturated heterocycles. The number of carbonyl (C=O) groups is 4.